The molecule has 0 heterocycles. The molecule has 1 rings (SSSR count). The minimum Gasteiger partial charge on any atom is -0.393 e. The highest BCUT2D eigenvalue weighted by molar-refractivity contribution is 5.73. The third kappa shape index (κ3) is 5.72. The number of aliphatic hydroxyl groups is 1. The molecule has 0 aromatic heterocycles. The molecule has 0 spiro atoms. The van der Waals surface area contributed by atoms with Gasteiger partial charge < -0.3 is 15.7 Å². The zero-order chi connectivity index (χ0) is 15.0. The zero-order valence-electron chi connectivity index (χ0n) is 11.9. The van der Waals surface area contributed by atoms with Gasteiger partial charge in [-0.1, -0.05) is 26.0 Å². The Bertz CT molecular complexity index is 480. The minimum absolute atomic E-state index is 0.189. The summed E-state index contributed by atoms with van der Waals surface area (Å²) < 4.78 is 0. The SMILES string of the molecule is CC(C)C(O)CCNC(=O)NCc1cccc(C#N)c1. The van der Waals surface area contributed by atoms with Crippen molar-refractivity contribution < 1.29 is 9.90 Å². The van der Waals surface area contributed by atoms with Crippen molar-refractivity contribution in [2.24, 2.45) is 5.92 Å². The van der Waals surface area contributed by atoms with E-state index in [1.54, 1.807) is 18.2 Å². The quantitative estimate of drug-likeness (QED) is 0.739. The van der Waals surface area contributed by atoms with Gasteiger partial charge in [-0.15, -0.1) is 0 Å². The maximum Gasteiger partial charge on any atom is 0.315 e. The molecule has 5 heteroatoms. The fraction of sp³-hybridized carbons (Fsp3) is 0.467. The summed E-state index contributed by atoms with van der Waals surface area (Å²) in [5.41, 5.74) is 1.45. The van der Waals surface area contributed by atoms with Crippen LogP contribution in [0.25, 0.3) is 0 Å². The molecule has 108 valence electrons. The third-order valence-corrected chi connectivity index (χ3v) is 3.00. The van der Waals surface area contributed by atoms with Crippen LogP contribution in [0.15, 0.2) is 24.3 Å². The van der Waals surface area contributed by atoms with Crippen molar-refractivity contribution in [1.82, 2.24) is 10.6 Å². The fourth-order valence-electron chi connectivity index (χ4n) is 1.66. The van der Waals surface area contributed by atoms with Gasteiger partial charge in [-0.05, 0) is 30.0 Å². The summed E-state index contributed by atoms with van der Waals surface area (Å²) in [5, 5.41) is 23.8. The van der Waals surface area contributed by atoms with Crippen molar-refractivity contribution in [3.05, 3.63) is 35.4 Å². The number of urea groups is 1. The molecule has 0 radical (unpaired) electrons. The van der Waals surface area contributed by atoms with Gasteiger partial charge in [0.15, 0.2) is 0 Å². The fourth-order valence-corrected chi connectivity index (χ4v) is 1.66. The van der Waals surface area contributed by atoms with Crippen molar-refractivity contribution in [3.63, 3.8) is 0 Å². The zero-order valence-corrected chi connectivity index (χ0v) is 11.9. The first-order chi connectivity index (χ1) is 9.52. The van der Waals surface area contributed by atoms with E-state index in [4.69, 9.17) is 5.26 Å². The summed E-state index contributed by atoms with van der Waals surface area (Å²) in [6, 6.07) is 8.87. The number of rotatable bonds is 6. The Labute approximate surface area is 119 Å². The van der Waals surface area contributed by atoms with Crippen molar-refractivity contribution in [3.8, 4) is 6.07 Å². The highest BCUT2D eigenvalue weighted by atomic mass is 16.3. The number of nitrogens with zero attached hydrogens (tertiary/aromatic N) is 1. The Kier molecular flexibility index (Phi) is 6.54. The van der Waals surface area contributed by atoms with Gasteiger partial charge in [0, 0.05) is 13.1 Å². The van der Waals surface area contributed by atoms with Gasteiger partial charge in [0.05, 0.1) is 17.7 Å². The van der Waals surface area contributed by atoms with Crippen molar-refractivity contribution in [2.75, 3.05) is 6.54 Å². The molecule has 0 aliphatic heterocycles. The molecule has 1 aromatic carbocycles. The smallest absolute Gasteiger partial charge is 0.315 e. The largest absolute Gasteiger partial charge is 0.393 e. The molecule has 0 fully saturated rings. The molecule has 0 saturated carbocycles. The summed E-state index contributed by atoms with van der Waals surface area (Å²) in [5.74, 6) is 0.189. The van der Waals surface area contributed by atoms with Crippen LogP contribution < -0.4 is 10.6 Å². The van der Waals surface area contributed by atoms with E-state index in [0.717, 1.165) is 5.56 Å². The molecular formula is C15H21N3O2. The van der Waals surface area contributed by atoms with Crippen LogP contribution in [-0.2, 0) is 6.54 Å². The van der Waals surface area contributed by atoms with Gasteiger partial charge in [-0.2, -0.15) is 5.26 Å². The van der Waals surface area contributed by atoms with E-state index in [0.29, 0.717) is 25.1 Å². The Balaban J connectivity index is 2.28. The molecular weight excluding hydrogens is 254 g/mol. The second-order valence-electron chi connectivity index (χ2n) is 5.02. The van der Waals surface area contributed by atoms with Gasteiger partial charge in [0.2, 0.25) is 0 Å². The van der Waals surface area contributed by atoms with Gasteiger partial charge in [-0.3, -0.25) is 0 Å². The first-order valence-electron chi connectivity index (χ1n) is 6.71. The van der Waals surface area contributed by atoms with Gasteiger partial charge in [0.1, 0.15) is 0 Å². The second kappa shape index (κ2) is 8.18. The highest BCUT2D eigenvalue weighted by Gasteiger charge is 2.09. The first-order valence-corrected chi connectivity index (χ1v) is 6.71. The molecule has 0 aliphatic rings. The second-order valence-corrected chi connectivity index (χ2v) is 5.02. The van der Waals surface area contributed by atoms with Crippen LogP contribution >= 0.6 is 0 Å². The lowest BCUT2D eigenvalue weighted by molar-refractivity contribution is 0.116. The molecule has 3 N–H and O–H groups in total. The molecule has 0 aliphatic carbocycles. The van der Waals surface area contributed by atoms with Crippen molar-refractivity contribution >= 4 is 6.03 Å². The number of hydrogen-bond donors (Lipinski definition) is 3. The summed E-state index contributed by atoms with van der Waals surface area (Å²) >= 11 is 0. The van der Waals surface area contributed by atoms with E-state index in [9.17, 15) is 9.90 Å². The molecule has 0 bridgehead atoms. The number of amides is 2. The molecule has 1 aromatic rings. The lowest BCUT2D eigenvalue weighted by Gasteiger charge is -2.14. The molecule has 1 atom stereocenters. The lowest BCUT2D eigenvalue weighted by Crippen LogP contribution is -2.37. The van der Waals surface area contributed by atoms with E-state index in [1.165, 1.54) is 0 Å². The van der Waals surface area contributed by atoms with Gasteiger partial charge >= 0.3 is 6.03 Å². The highest BCUT2D eigenvalue weighted by Crippen LogP contribution is 2.04. The Hall–Kier alpha value is -2.06. The van der Waals surface area contributed by atoms with Gasteiger partial charge in [-0.25, -0.2) is 4.79 Å². The molecule has 0 saturated heterocycles. The Morgan fingerprint density at radius 3 is 2.80 bits per heavy atom. The van der Waals surface area contributed by atoms with E-state index in [1.807, 2.05) is 19.9 Å². The topological polar surface area (TPSA) is 85.2 Å². The summed E-state index contributed by atoms with van der Waals surface area (Å²) in [6.07, 6.45) is 0.136. The lowest BCUT2D eigenvalue weighted by atomic mass is 10.0. The first kappa shape index (κ1) is 16.0. The van der Waals surface area contributed by atoms with Crippen molar-refractivity contribution in [1.29, 1.82) is 5.26 Å². The molecule has 1 unspecified atom stereocenters. The average molecular weight is 275 g/mol. The van der Waals surface area contributed by atoms with E-state index in [2.05, 4.69) is 16.7 Å². The average Bonchev–Trinajstić information content (AvgIpc) is 2.45. The molecule has 20 heavy (non-hydrogen) atoms. The van der Waals surface area contributed by atoms with Crippen LogP contribution in [0.5, 0.6) is 0 Å². The Morgan fingerprint density at radius 2 is 2.15 bits per heavy atom. The number of nitriles is 1. The van der Waals surface area contributed by atoms with Crippen LogP contribution in [0.2, 0.25) is 0 Å². The van der Waals surface area contributed by atoms with Gasteiger partial charge in [0.25, 0.3) is 0 Å². The summed E-state index contributed by atoms with van der Waals surface area (Å²) in [4.78, 5) is 11.6. The third-order valence-electron chi connectivity index (χ3n) is 3.00. The maximum atomic E-state index is 11.6. The van der Waals surface area contributed by atoms with Crippen LogP contribution in [0.4, 0.5) is 4.79 Å². The maximum absolute atomic E-state index is 11.6. The number of benzene rings is 1. The van der Waals surface area contributed by atoms with Crippen LogP contribution in [-0.4, -0.2) is 23.8 Å². The Morgan fingerprint density at radius 1 is 1.40 bits per heavy atom. The van der Waals surface area contributed by atoms with Crippen LogP contribution in [0, 0.1) is 17.2 Å². The van der Waals surface area contributed by atoms with E-state index in [-0.39, 0.29) is 11.9 Å². The van der Waals surface area contributed by atoms with E-state index < -0.39 is 6.10 Å². The number of carbonyl (C=O) groups excluding carboxylic acids is 1. The summed E-state index contributed by atoms with van der Waals surface area (Å²) in [6.45, 7) is 4.68. The monoisotopic (exact) mass is 275 g/mol. The predicted molar refractivity (Wildman–Crippen MR) is 76.9 cm³/mol. The van der Waals surface area contributed by atoms with E-state index >= 15 is 0 Å². The van der Waals surface area contributed by atoms with Crippen molar-refractivity contribution in [2.45, 2.75) is 32.9 Å². The number of aliphatic hydroxyl groups excluding tert-OH is 1. The summed E-state index contributed by atoms with van der Waals surface area (Å²) in [7, 11) is 0. The molecule has 2 amide bonds. The normalized spacial score (nSPS) is 11.8. The molecule has 5 nitrogen and oxygen atoms in total. The number of hydrogen-bond acceptors (Lipinski definition) is 3. The standard InChI is InChI=1S/C15H21N3O2/c1-11(2)14(19)6-7-17-15(20)18-10-13-5-3-4-12(8-13)9-16/h3-5,8,11,14,19H,6-7,10H2,1-2H3,(H2,17,18,20). The predicted octanol–water partition coefficient (Wildman–Crippen LogP) is 1.76. The number of carbonyl (C=O) groups is 1. The van der Waals surface area contributed by atoms with Crippen LogP contribution in [0.1, 0.15) is 31.4 Å². The minimum atomic E-state index is -0.400. The number of nitrogens with one attached hydrogen (secondary N) is 2. The van der Waals surface area contributed by atoms with Crippen LogP contribution in [0.3, 0.4) is 0 Å².